The molecule has 5 heteroatoms. The Kier molecular flexibility index (Phi) is 4.66. The molecule has 0 aliphatic carbocycles. The quantitative estimate of drug-likeness (QED) is 0.517. The van der Waals surface area contributed by atoms with Crippen molar-refractivity contribution in [2.75, 3.05) is 5.88 Å². The standard InChI is InChI=1S/C14H12Cl2N2O/c15-9-14(17)18-10-5-7-11(8-6-10)19-13-4-2-1-3-12(13)16/h1-8H,9H2,(H2,17,18). The Morgan fingerprint density at radius 2 is 1.79 bits per heavy atom. The molecule has 0 unspecified atom stereocenters. The van der Waals surface area contributed by atoms with Gasteiger partial charge >= 0.3 is 0 Å². The molecule has 2 N–H and O–H groups in total. The van der Waals surface area contributed by atoms with Crippen LogP contribution in [0.5, 0.6) is 11.5 Å². The number of halogens is 2. The zero-order chi connectivity index (χ0) is 13.7. The number of nitrogens with zero attached hydrogens (tertiary/aromatic N) is 1. The van der Waals surface area contributed by atoms with E-state index in [1.54, 1.807) is 36.4 Å². The first-order valence-electron chi connectivity index (χ1n) is 5.60. The van der Waals surface area contributed by atoms with Crippen LogP contribution < -0.4 is 10.5 Å². The average molecular weight is 295 g/mol. The van der Waals surface area contributed by atoms with Crippen molar-refractivity contribution >= 4 is 34.7 Å². The van der Waals surface area contributed by atoms with E-state index in [2.05, 4.69) is 4.99 Å². The highest BCUT2D eigenvalue weighted by Crippen LogP contribution is 2.29. The van der Waals surface area contributed by atoms with Gasteiger partial charge in [-0.3, -0.25) is 0 Å². The third-order valence-corrected chi connectivity index (χ3v) is 2.90. The van der Waals surface area contributed by atoms with Crippen LogP contribution in [-0.2, 0) is 0 Å². The van der Waals surface area contributed by atoms with Gasteiger partial charge in [0.25, 0.3) is 0 Å². The summed E-state index contributed by atoms with van der Waals surface area (Å²) in [5, 5.41) is 0.566. The molecule has 0 atom stereocenters. The fourth-order valence-electron chi connectivity index (χ4n) is 1.44. The minimum Gasteiger partial charge on any atom is -0.456 e. The fraction of sp³-hybridized carbons (Fsp3) is 0.0714. The summed E-state index contributed by atoms with van der Waals surface area (Å²) in [5.41, 5.74) is 6.28. The van der Waals surface area contributed by atoms with E-state index in [9.17, 15) is 0 Å². The number of alkyl halides is 1. The van der Waals surface area contributed by atoms with E-state index >= 15 is 0 Å². The summed E-state index contributed by atoms with van der Waals surface area (Å²) in [7, 11) is 0. The van der Waals surface area contributed by atoms with Gasteiger partial charge in [0.15, 0.2) is 0 Å². The van der Waals surface area contributed by atoms with E-state index in [0.29, 0.717) is 22.4 Å². The lowest BCUT2D eigenvalue weighted by atomic mass is 10.3. The molecule has 3 nitrogen and oxygen atoms in total. The Hall–Kier alpha value is -1.71. The van der Waals surface area contributed by atoms with Crippen LogP contribution in [0.25, 0.3) is 0 Å². The van der Waals surface area contributed by atoms with Crippen LogP contribution in [-0.4, -0.2) is 11.7 Å². The number of rotatable bonds is 4. The van der Waals surface area contributed by atoms with Gasteiger partial charge in [0.2, 0.25) is 0 Å². The van der Waals surface area contributed by atoms with Crippen molar-refractivity contribution in [2.45, 2.75) is 0 Å². The lowest BCUT2D eigenvalue weighted by Crippen LogP contribution is -2.12. The number of hydrogen-bond acceptors (Lipinski definition) is 2. The maximum Gasteiger partial charge on any atom is 0.146 e. The molecule has 0 aliphatic rings. The summed E-state index contributed by atoms with van der Waals surface area (Å²) in [5.74, 6) is 1.87. The van der Waals surface area contributed by atoms with E-state index in [0.717, 1.165) is 5.69 Å². The minimum absolute atomic E-state index is 0.206. The highest BCUT2D eigenvalue weighted by Gasteiger charge is 2.01. The third-order valence-electron chi connectivity index (χ3n) is 2.31. The number of para-hydroxylation sites is 1. The summed E-state index contributed by atoms with van der Waals surface area (Å²) in [4.78, 5) is 4.12. The second-order valence-electron chi connectivity index (χ2n) is 3.76. The summed E-state index contributed by atoms with van der Waals surface area (Å²) in [6.07, 6.45) is 0. The van der Waals surface area contributed by atoms with Gasteiger partial charge in [-0.2, -0.15) is 0 Å². The lowest BCUT2D eigenvalue weighted by Gasteiger charge is -2.07. The SMILES string of the molecule is NC(CCl)=Nc1ccc(Oc2ccccc2Cl)cc1. The van der Waals surface area contributed by atoms with Crippen molar-refractivity contribution in [2.24, 2.45) is 10.7 Å². The molecule has 2 aromatic carbocycles. The van der Waals surface area contributed by atoms with Crippen molar-refractivity contribution in [3.63, 3.8) is 0 Å². The number of aliphatic imine (C=N–C) groups is 1. The van der Waals surface area contributed by atoms with Gasteiger partial charge in [-0.1, -0.05) is 23.7 Å². The van der Waals surface area contributed by atoms with Crippen molar-refractivity contribution in [3.8, 4) is 11.5 Å². The molecule has 0 fully saturated rings. The molecule has 0 aliphatic heterocycles. The number of amidine groups is 1. The smallest absolute Gasteiger partial charge is 0.146 e. The first kappa shape index (κ1) is 13.7. The minimum atomic E-state index is 0.206. The molecule has 98 valence electrons. The molecule has 0 saturated heterocycles. The van der Waals surface area contributed by atoms with Crippen LogP contribution in [0.3, 0.4) is 0 Å². The summed E-state index contributed by atoms with van der Waals surface area (Å²) >= 11 is 11.6. The number of benzene rings is 2. The number of ether oxygens (including phenoxy) is 1. The molecule has 0 spiro atoms. The highest BCUT2D eigenvalue weighted by atomic mass is 35.5. The van der Waals surface area contributed by atoms with E-state index in [1.807, 2.05) is 12.1 Å². The van der Waals surface area contributed by atoms with Crippen LogP contribution in [0.15, 0.2) is 53.5 Å². The van der Waals surface area contributed by atoms with Crippen LogP contribution in [0, 0.1) is 0 Å². The average Bonchev–Trinajstić information content (AvgIpc) is 2.43. The Morgan fingerprint density at radius 3 is 2.42 bits per heavy atom. The van der Waals surface area contributed by atoms with Gasteiger partial charge in [0.1, 0.15) is 17.3 Å². The molecule has 2 rings (SSSR count). The summed E-state index contributed by atoms with van der Waals surface area (Å²) in [6.45, 7) is 0. The van der Waals surface area contributed by atoms with Gasteiger partial charge in [-0.25, -0.2) is 4.99 Å². The molecule has 0 saturated carbocycles. The monoisotopic (exact) mass is 294 g/mol. The Balaban J connectivity index is 2.13. The third kappa shape index (κ3) is 3.88. The molecule has 0 aromatic heterocycles. The summed E-state index contributed by atoms with van der Waals surface area (Å²) < 4.78 is 5.66. The molecule has 0 radical (unpaired) electrons. The Labute approximate surface area is 121 Å². The Bertz CT molecular complexity index is 582. The molecular formula is C14H12Cl2N2O. The van der Waals surface area contributed by atoms with Gasteiger partial charge < -0.3 is 10.5 Å². The first-order valence-corrected chi connectivity index (χ1v) is 6.52. The normalized spacial score (nSPS) is 11.4. The van der Waals surface area contributed by atoms with Crippen molar-refractivity contribution in [1.29, 1.82) is 0 Å². The maximum atomic E-state index is 6.02. The number of hydrogen-bond donors (Lipinski definition) is 1. The lowest BCUT2D eigenvalue weighted by molar-refractivity contribution is 0.483. The van der Waals surface area contributed by atoms with E-state index in [-0.39, 0.29) is 5.88 Å². The van der Waals surface area contributed by atoms with Gasteiger partial charge in [0.05, 0.1) is 16.6 Å². The van der Waals surface area contributed by atoms with Crippen LogP contribution in [0.2, 0.25) is 5.02 Å². The van der Waals surface area contributed by atoms with Gasteiger partial charge in [0, 0.05) is 0 Å². The second kappa shape index (κ2) is 6.45. The zero-order valence-electron chi connectivity index (χ0n) is 10.0. The van der Waals surface area contributed by atoms with Crippen molar-refractivity contribution in [1.82, 2.24) is 0 Å². The first-order chi connectivity index (χ1) is 9.19. The second-order valence-corrected chi connectivity index (χ2v) is 4.44. The molecule has 0 amide bonds. The topological polar surface area (TPSA) is 47.6 Å². The largest absolute Gasteiger partial charge is 0.456 e. The van der Waals surface area contributed by atoms with E-state index in [1.165, 1.54) is 0 Å². The van der Waals surface area contributed by atoms with E-state index in [4.69, 9.17) is 33.7 Å². The summed E-state index contributed by atoms with van der Waals surface area (Å²) in [6, 6.07) is 14.5. The van der Waals surface area contributed by atoms with Crippen LogP contribution >= 0.6 is 23.2 Å². The van der Waals surface area contributed by atoms with E-state index < -0.39 is 0 Å². The molecule has 2 aromatic rings. The molecule has 0 heterocycles. The number of nitrogens with two attached hydrogens (primary N) is 1. The maximum absolute atomic E-state index is 6.02. The molecular weight excluding hydrogens is 283 g/mol. The molecule has 0 bridgehead atoms. The van der Waals surface area contributed by atoms with Gasteiger partial charge in [-0.15, -0.1) is 11.6 Å². The van der Waals surface area contributed by atoms with Crippen molar-refractivity contribution < 1.29 is 4.74 Å². The predicted octanol–water partition coefficient (Wildman–Crippen LogP) is 4.36. The van der Waals surface area contributed by atoms with Crippen LogP contribution in [0.4, 0.5) is 5.69 Å². The van der Waals surface area contributed by atoms with Gasteiger partial charge in [-0.05, 0) is 36.4 Å². The molecule has 19 heavy (non-hydrogen) atoms. The predicted molar refractivity (Wildman–Crippen MR) is 80.0 cm³/mol. The highest BCUT2D eigenvalue weighted by molar-refractivity contribution is 6.32. The zero-order valence-corrected chi connectivity index (χ0v) is 11.5. The van der Waals surface area contributed by atoms with Crippen molar-refractivity contribution in [3.05, 3.63) is 53.6 Å². The Morgan fingerprint density at radius 1 is 1.11 bits per heavy atom. The van der Waals surface area contributed by atoms with Crippen LogP contribution in [0.1, 0.15) is 0 Å². The fourth-order valence-corrected chi connectivity index (χ4v) is 1.67.